The maximum Gasteiger partial charge on any atom is 0.329 e. The number of halogens is 2. The maximum absolute atomic E-state index is 13.0. The molecule has 3 aromatic carbocycles. The molecule has 0 aliphatic carbocycles. The Bertz CT molecular complexity index is 1480. The Balaban J connectivity index is 1.73. The number of hydrogen-bond donors (Lipinski definition) is 2. The number of ether oxygens (including phenoxy) is 1. The first kappa shape index (κ1) is 33.1. The second kappa shape index (κ2) is 15.2. The molecule has 1 atom stereocenters. The Kier molecular flexibility index (Phi) is 11.7. The molecule has 0 aliphatic heterocycles. The molecule has 226 valence electrons. The fourth-order valence-electron chi connectivity index (χ4n) is 4.11. The van der Waals surface area contributed by atoms with E-state index in [0.29, 0.717) is 36.2 Å². The normalized spacial score (nSPS) is 11.3. The van der Waals surface area contributed by atoms with Crippen molar-refractivity contribution in [1.82, 2.24) is 10.2 Å². The molecule has 3 aromatic rings. The number of hydrogen-bond acceptors (Lipinski definition) is 6. The number of rotatable bonds is 12. The van der Waals surface area contributed by atoms with Gasteiger partial charge < -0.3 is 20.3 Å². The zero-order valence-electron chi connectivity index (χ0n) is 24.1. The fraction of sp³-hybridized carbons (Fsp3) is 0.258. The van der Waals surface area contributed by atoms with Gasteiger partial charge >= 0.3 is 12.0 Å². The predicted octanol–water partition coefficient (Wildman–Crippen LogP) is 5.36. The number of carbonyl (C=O) groups excluding carboxylic acids is 5. The van der Waals surface area contributed by atoms with E-state index in [0.717, 1.165) is 5.56 Å². The van der Waals surface area contributed by atoms with Crippen LogP contribution >= 0.6 is 23.2 Å². The van der Waals surface area contributed by atoms with Gasteiger partial charge in [0.05, 0.1) is 27.4 Å². The highest BCUT2D eigenvalue weighted by Crippen LogP contribution is 2.25. The summed E-state index contributed by atoms with van der Waals surface area (Å²) in [5.41, 5.74) is 2.60. The first-order valence-corrected chi connectivity index (χ1v) is 14.0. The molecule has 0 aliphatic rings. The van der Waals surface area contributed by atoms with Crippen LogP contribution < -0.4 is 15.5 Å². The van der Waals surface area contributed by atoms with Crippen molar-refractivity contribution < 1.29 is 28.7 Å². The molecular weight excluding hydrogens is 595 g/mol. The third kappa shape index (κ3) is 9.04. The molecule has 0 radical (unpaired) electrons. The van der Waals surface area contributed by atoms with E-state index in [-0.39, 0.29) is 27.6 Å². The Hall–Kier alpha value is -4.41. The highest BCUT2D eigenvalue weighted by molar-refractivity contribution is 6.39. The number of urea groups is 1. The molecule has 2 N–H and O–H groups in total. The summed E-state index contributed by atoms with van der Waals surface area (Å²) in [7, 11) is 3.18. The lowest BCUT2D eigenvalue weighted by atomic mass is 10.0. The Morgan fingerprint density at radius 3 is 2.14 bits per heavy atom. The molecule has 0 aromatic heterocycles. The van der Waals surface area contributed by atoms with Crippen molar-refractivity contribution in [2.75, 3.05) is 24.3 Å². The SMILES string of the molecule is CC(C)OC(=O)C(Cc1ccc(N(C)C(=O)Nc2ccc(CN(C)C=O)cc2C=O)cc1)NC(=O)c1c(Cl)cccc1Cl. The summed E-state index contributed by atoms with van der Waals surface area (Å²) in [6, 6.07) is 14.9. The number of amides is 4. The molecule has 43 heavy (non-hydrogen) atoms. The third-order valence-electron chi connectivity index (χ3n) is 6.30. The predicted molar refractivity (Wildman–Crippen MR) is 166 cm³/mol. The van der Waals surface area contributed by atoms with E-state index in [2.05, 4.69) is 10.6 Å². The molecule has 0 heterocycles. The lowest BCUT2D eigenvalue weighted by molar-refractivity contribution is -0.149. The van der Waals surface area contributed by atoms with Crippen molar-refractivity contribution in [3.05, 3.63) is 93.0 Å². The summed E-state index contributed by atoms with van der Waals surface area (Å²) in [4.78, 5) is 64.2. The fourth-order valence-corrected chi connectivity index (χ4v) is 4.68. The molecule has 10 nitrogen and oxygen atoms in total. The molecule has 3 rings (SSSR count). The minimum atomic E-state index is -1.04. The largest absolute Gasteiger partial charge is 0.461 e. The van der Waals surface area contributed by atoms with Crippen molar-refractivity contribution in [3.63, 3.8) is 0 Å². The topological polar surface area (TPSA) is 125 Å². The van der Waals surface area contributed by atoms with Gasteiger partial charge in [-0.05, 0) is 61.4 Å². The molecule has 0 saturated heterocycles. The molecule has 12 heteroatoms. The number of esters is 1. The lowest BCUT2D eigenvalue weighted by Gasteiger charge is -2.21. The van der Waals surface area contributed by atoms with Gasteiger partial charge in [0.25, 0.3) is 5.91 Å². The van der Waals surface area contributed by atoms with E-state index in [1.54, 1.807) is 76.5 Å². The smallest absolute Gasteiger partial charge is 0.329 e. The van der Waals surface area contributed by atoms with Gasteiger partial charge in [0.15, 0.2) is 6.29 Å². The van der Waals surface area contributed by atoms with E-state index in [9.17, 15) is 24.0 Å². The van der Waals surface area contributed by atoms with Gasteiger partial charge in [-0.3, -0.25) is 19.3 Å². The molecule has 1 unspecified atom stereocenters. The van der Waals surface area contributed by atoms with Crippen LogP contribution in [0.2, 0.25) is 10.0 Å². The highest BCUT2D eigenvalue weighted by atomic mass is 35.5. The zero-order chi connectivity index (χ0) is 31.7. The average molecular weight is 628 g/mol. The van der Waals surface area contributed by atoms with Crippen molar-refractivity contribution in [3.8, 4) is 0 Å². The van der Waals surface area contributed by atoms with Crippen LogP contribution in [0.25, 0.3) is 0 Å². The van der Waals surface area contributed by atoms with Gasteiger partial charge in [-0.2, -0.15) is 0 Å². The Morgan fingerprint density at radius 1 is 0.930 bits per heavy atom. The van der Waals surface area contributed by atoms with Crippen LogP contribution in [0, 0.1) is 0 Å². The Labute approximate surface area is 259 Å². The van der Waals surface area contributed by atoms with Crippen LogP contribution in [0.5, 0.6) is 0 Å². The van der Waals surface area contributed by atoms with Crippen LogP contribution in [0.15, 0.2) is 60.7 Å². The van der Waals surface area contributed by atoms with Crippen LogP contribution in [0.1, 0.15) is 45.7 Å². The summed E-state index contributed by atoms with van der Waals surface area (Å²) in [5.74, 6) is -1.24. The molecular formula is C31H32Cl2N4O6. The lowest BCUT2D eigenvalue weighted by Crippen LogP contribution is -2.44. The second-order valence-corrected chi connectivity index (χ2v) is 10.8. The maximum atomic E-state index is 13.0. The number of aldehydes is 1. The van der Waals surface area contributed by atoms with Gasteiger partial charge in [0.1, 0.15) is 6.04 Å². The van der Waals surface area contributed by atoms with Crippen molar-refractivity contribution >= 4 is 65.2 Å². The van der Waals surface area contributed by atoms with Gasteiger partial charge in [-0.15, -0.1) is 0 Å². The summed E-state index contributed by atoms with van der Waals surface area (Å²) < 4.78 is 5.36. The molecule has 4 amide bonds. The number of carbonyl (C=O) groups is 5. The van der Waals surface area contributed by atoms with Crippen LogP contribution in [0.3, 0.4) is 0 Å². The van der Waals surface area contributed by atoms with E-state index in [1.807, 2.05) is 0 Å². The number of nitrogens with one attached hydrogen (secondary N) is 2. The van der Waals surface area contributed by atoms with E-state index >= 15 is 0 Å². The molecule has 0 spiro atoms. The number of benzene rings is 3. The van der Waals surface area contributed by atoms with Gasteiger partial charge in [0, 0.05) is 38.3 Å². The summed E-state index contributed by atoms with van der Waals surface area (Å²) in [6.45, 7) is 3.73. The Morgan fingerprint density at radius 2 is 1.56 bits per heavy atom. The summed E-state index contributed by atoms with van der Waals surface area (Å²) in [6.07, 6.45) is 1.01. The molecule has 0 fully saturated rings. The third-order valence-corrected chi connectivity index (χ3v) is 6.93. The second-order valence-electron chi connectivity index (χ2n) is 10.0. The first-order valence-electron chi connectivity index (χ1n) is 13.3. The molecule has 0 bridgehead atoms. The first-order chi connectivity index (χ1) is 20.4. The van der Waals surface area contributed by atoms with Crippen molar-refractivity contribution in [1.29, 1.82) is 0 Å². The average Bonchev–Trinajstić information content (AvgIpc) is 2.97. The molecule has 0 saturated carbocycles. The zero-order valence-corrected chi connectivity index (χ0v) is 25.6. The van der Waals surface area contributed by atoms with Crippen LogP contribution in [-0.4, -0.2) is 61.7 Å². The highest BCUT2D eigenvalue weighted by Gasteiger charge is 2.26. The number of anilines is 2. The quantitative estimate of drug-likeness (QED) is 0.206. The van der Waals surface area contributed by atoms with E-state index < -0.39 is 30.1 Å². The van der Waals surface area contributed by atoms with Crippen molar-refractivity contribution in [2.45, 2.75) is 39.0 Å². The van der Waals surface area contributed by atoms with Gasteiger partial charge in [-0.1, -0.05) is 47.5 Å². The van der Waals surface area contributed by atoms with Gasteiger partial charge in [-0.25, -0.2) is 9.59 Å². The monoisotopic (exact) mass is 626 g/mol. The van der Waals surface area contributed by atoms with E-state index in [4.69, 9.17) is 27.9 Å². The van der Waals surface area contributed by atoms with E-state index in [1.165, 1.54) is 21.9 Å². The number of nitrogens with zero attached hydrogens (tertiary/aromatic N) is 2. The van der Waals surface area contributed by atoms with Crippen LogP contribution in [-0.2, 0) is 27.3 Å². The summed E-state index contributed by atoms with van der Waals surface area (Å²) in [5, 5.41) is 5.69. The minimum Gasteiger partial charge on any atom is -0.461 e. The minimum absolute atomic E-state index is 0.0526. The summed E-state index contributed by atoms with van der Waals surface area (Å²) >= 11 is 12.3. The standard InChI is InChI=1S/C31H32Cl2N4O6/c1-19(2)43-30(41)27(34-29(40)28-24(32)6-5-7-25(28)33)15-20-8-11-23(12-9-20)37(4)31(42)35-26-13-10-21(14-22(26)17-38)16-36(3)18-39/h5-14,17-19,27H,15-16H2,1-4H3,(H,34,40)(H,35,42). The van der Waals surface area contributed by atoms with Crippen molar-refractivity contribution in [2.24, 2.45) is 0 Å². The van der Waals surface area contributed by atoms with Gasteiger partial charge in [0.2, 0.25) is 6.41 Å². The van der Waals surface area contributed by atoms with Crippen LogP contribution in [0.4, 0.5) is 16.2 Å².